The second-order valence-electron chi connectivity index (χ2n) is 6.72. The number of amides is 1. The summed E-state index contributed by atoms with van der Waals surface area (Å²) < 4.78 is 5.14. The Morgan fingerprint density at radius 1 is 1.04 bits per heavy atom. The van der Waals surface area contributed by atoms with Gasteiger partial charge in [0.15, 0.2) is 0 Å². The third-order valence-electron chi connectivity index (χ3n) is 4.64. The van der Waals surface area contributed by atoms with Crippen molar-refractivity contribution in [3.8, 4) is 5.75 Å². The van der Waals surface area contributed by atoms with E-state index < -0.39 is 12.0 Å². The van der Waals surface area contributed by atoms with Crippen molar-refractivity contribution in [1.29, 1.82) is 0 Å². The van der Waals surface area contributed by atoms with E-state index in [-0.39, 0.29) is 18.4 Å². The molecule has 1 amide bonds. The molecule has 0 saturated carbocycles. The van der Waals surface area contributed by atoms with Crippen LogP contribution in [0.4, 0.5) is 0 Å². The largest absolute Gasteiger partial charge is 0.497 e. The molecule has 0 aromatic heterocycles. The Morgan fingerprint density at radius 2 is 1.71 bits per heavy atom. The number of rotatable bonds is 11. The zero-order valence-corrected chi connectivity index (χ0v) is 16.4. The molecule has 2 atom stereocenters. The Balaban J connectivity index is 1.97. The molecule has 0 fully saturated rings. The maximum atomic E-state index is 12.7. The van der Waals surface area contributed by atoms with Gasteiger partial charge in [-0.25, -0.2) is 0 Å². The highest BCUT2D eigenvalue weighted by Gasteiger charge is 2.22. The molecule has 150 valence electrons. The Bertz CT molecular complexity index is 747. The highest BCUT2D eigenvalue weighted by Crippen LogP contribution is 2.14. The zero-order chi connectivity index (χ0) is 20.4. The molecule has 0 aliphatic heterocycles. The van der Waals surface area contributed by atoms with Crippen molar-refractivity contribution in [1.82, 2.24) is 10.6 Å². The summed E-state index contributed by atoms with van der Waals surface area (Å²) in [5.41, 5.74) is 2.11. The number of hydrogen-bond donors (Lipinski definition) is 3. The minimum Gasteiger partial charge on any atom is -0.497 e. The standard InChI is InChI=1S/C22H28N2O4/c1-23-20(13-10-16-6-4-3-5-7-16)22(27)24-18(15-21(25)26)14-17-8-11-19(28-2)12-9-17/h3-9,11-12,18,20,23H,10,13-15H2,1-2H3,(H,24,27)(H,25,26)/t18-,20-/m0/s1. The second kappa shape index (κ2) is 11.1. The molecule has 0 radical (unpaired) electrons. The van der Waals surface area contributed by atoms with Crippen LogP contribution in [0.5, 0.6) is 5.75 Å². The summed E-state index contributed by atoms with van der Waals surface area (Å²) in [7, 11) is 3.33. The molecule has 0 saturated heterocycles. The molecule has 2 rings (SSSR count). The summed E-state index contributed by atoms with van der Waals surface area (Å²) in [4.78, 5) is 23.9. The van der Waals surface area contributed by atoms with Crippen LogP contribution in [0, 0.1) is 0 Å². The van der Waals surface area contributed by atoms with Crippen molar-refractivity contribution in [2.75, 3.05) is 14.2 Å². The molecule has 6 heteroatoms. The molecule has 0 bridgehead atoms. The van der Waals surface area contributed by atoms with Crippen molar-refractivity contribution >= 4 is 11.9 Å². The van der Waals surface area contributed by atoms with Crippen LogP contribution in [0.1, 0.15) is 24.0 Å². The van der Waals surface area contributed by atoms with Gasteiger partial charge in [-0.2, -0.15) is 0 Å². The van der Waals surface area contributed by atoms with Crippen molar-refractivity contribution in [3.63, 3.8) is 0 Å². The summed E-state index contributed by atoms with van der Waals surface area (Å²) >= 11 is 0. The molecule has 0 unspecified atom stereocenters. The van der Waals surface area contributed by atoms with Crippen LogP contribution < -0.4 is 15.4 Å². The van der Waals surface area contributed by atoms with Gasteiger partial charge < -0.3 is 20.5 Å². The minimum absolute atomic E-state index is 0.132. The fourth-order valence-electron chi connectivity index (χ4n) is 3.10. The van der Waals surface area contributed by atoms with Crippen LogP contribution in [0.25, 0.3) is 0 Å². The number of benzene rings is 2. The number of methoxy groups -OCH3 is 1. The molecule has 0 aliphatic rings. The van der Waals surface area contributed by atoms with Gasteiger partial charge in [0.05, 0.1) is 19.6 Å². The van der Waals surface area contributed by atoms with Gasteiger partial charge in [0, 0.05) is 6.04 Å². The molecule has 3 N–H and O–H groups in total. The number of aliphatic carboxylic acids is 1. The van der Waals surface area contributed by atoms with E-state index in [9.17, 15) is 14.7 Å². The van der Waals surface area contributed by atoms with Crippen LogP contribution >= 0.6 is 0 Å². The van der Waals surface area contributed by atoms with Crippen LogP contribution in [0.3, 0.4) is 0 Å². The Hall–Kier alpha value is -2.86. The van der Waals surface area contributed by atoms with Crippen LogP contribution in [-0.4, -0.2) is 43.2 Å². The Kier molecular flexibility index (Phi) is 8.49. The fraction of sp³-hybridized carbons (Fsp3) is 0.364. The lowest BCUT2D eigenvalue weighted by molar-refractivity contribution is -0.137. The minimum atomic E-state index is -0.941. The van der Waals surface area contributed by atoms with E-state index in [1.54, 1.807) is 14.2 Å². The number of carbonyl (C=O) groups excluding carboxylic acids is 1. The van der Waals surface area contributed by atoms with Gasteiger partial charge in [-0.05, 0) is 49.6 Å². The first-order valence-electron chi connectivity index (χ1n) is 9.38. The number of aryl methyl sites for hydroxylation is 1. The normalized spacial score (nSPS) is 12.8. The van der Waals surface area contributed by atoms with E-state index in [1.165, 1.54) is 0 Å². The zero-order valence-electron chi connectivity index (χ0n) is 16.4. The third kappa shape index (κ3) is 7.04. The molecule has 0 aliphatic carbocycles. The number of hydrogen-bond acceptors (Lipinski definition) is 4. The highest BCUT2D eigenvalue weighted by molar-refractivity contribution is 5.82. The monoisotopic (exact) mass is 384 g/mol. The first-order chi connectivity index (χ1) is 13.5. The van der Waals surface area contributed by atoms with Gasteiger partial charge in [-0.1, -0.05) is 42.5 Å². The lowest BCUT2D eigenvalue weighted by atomic mass is 10.0. The van der Waals surface area contributed by atoms with Crippen molar-refractivity contribution < 1.29 is 19.4 Å². The summed E-state index contributed by atoms with van der Waals surface area (Å²) in [5, 5.41) is 15.2. The second-order valence-corrected chi connectivity index (χ2v) is 6.72. The maximum Gasteiger partial charge on any atom is 0.305 e. The van der Waals surface area contributed by atoms with E-state index in [0.717, 1.165) is 23.3 Å². The number of carboxylic acids is 1. The SMILES string of the molecule is CN[C@@H](CCc1ccccc1)C(=O)N[C@H](CC(=O)O)Cc1ccc(OC)cc1. The number of carbonyl (C=O) groups is 2. The quantitative estimate of drug-likeness (QED) is 0.554. The number of nitrogens with one attached hydrogen (secondary N) is 2. The van der Waals surface area contributed by atoms with Gasteiger partial charge in [0.1, 0.15) is 5.75 Å². The molecule has 2 aromatic carbocycles. The van der Waals surface area contributed by atoms with Gasteiger partial charge in [0.2, 0.25) is 5.91 Å². The van der Waals surface area contributed by atoms with E-state index in [1.807, 2.05) is 54.6 Å². The van der Waals surface area contributed by atoms with Gasteiger partial charge in [-0.15, -0.1) is 0 Å². The van der Waals surface area contributed by atoms with Gasteiger partial charge in [-0.3, -0.25) is 9.59 Å². The van der Waals surface area contributed by atoms with E-state index in [4.69, 9.17) is 4.74 Å². The molecular weight excluding hydrogens is 356 g/mol. The number of likely N-dealkylation sites (N-methyl/N-ethyl adjacent to an activating group) is 1. The summed E-state index contributed by atoms with van der Waals surface area (Å²) in [6.45, 7) is 0. The lowest BCUT2D eigenvalue weighted by Crippen LogP contribution is -2.48. The first kappa shape index (κ1) is 21.4. The molecule has 2 aromatic rings. The average Bonchev–Trinajstić information content (AvgIpc) is 2.69. The van der Waals surface area contributed by atoms with Crippen molar-refractivity contribution in [3.05, 3.63) is 65.7 Å². The number of carboxylic acid groups (broad SMARTS) is 1. The molecule has 28 heavy (non-hydrogen) atoms. The average molecular weight is 384 g/mol. The van der Waals surface area contributed by atoms with Crippen LogP contribution in [0.2, 0.25) is 0 Å². The predicted molar refractivity (Wildman–Crippen MR) is 108 cm³/mol. The van der Waals surface area contributed by atoms with Crippen molar-refractivity contribution in [2.45, 2.75) is 37.8 Å². The van der Waals surface area contributed by atoms with Crippen LogP contribution in [0.15, 0.2) is 54.6 Å². The summed E-state index contributed by atoms with van der Waals surface area (Å²) in [6, 6.07) is 16.5. The third-order valence-corrected chi connectivity index (χ3v) is 4.64. The van der Waals surface area contributed by atoms with Gasteiger partial charge in [0.25, 0.3) is 0 Å². The Labute approximate surface area is 165 Å². The van der Waals surface area contributed by atoms with E-state index >= 15 is 0 Å². The molecule has 0 heterocycles. The maximum absolute atomic E-state index is 12.7. The lowest BCUT2D eigenvalue weighted by Gasteiger charge is -2.22. The topological polar surface area (TPSA) is 87.7 Å². The number of ether oxygens (including phenoxy) is 1. The molecule has 6 nitrogen and oxygen atoms in total. The first-order valence-corrected chi connectivity index (χ1v) is 9.38. The predicted octanol–water partition coefficient (Wildman–Crippen LogP) is 2.42. The van der Waals surface area contributed by atoms with E-state index in [2.05, 4.69) is 10.6 Å². The summed E-state index contributed by atoms with van der Waals surface area (Å²) in [6.07, 6.45) is 1.71. The molecule has 0 spiro atoms. The van der Waals surface area contributed by atoms with Gasteiger partial charge >= 0.3 is 5.97 Å². The Morgan fingerprint density at radius 3 is 2.29 bits per heavy atom. The molecular formula is C22H28N2O4. The van der Waals surface area contributed by atoms with E-state index in [0.29, 0.717) is 12.8 Å². The highest BCUT2D eigenvalue weighted by atomic mass is 16.5. The van der Waals surface area contributed by atoms with Crippen LogP contribution in [-0.2, 0) is 22.4 Å². The smallest absolute Gasteiger partial charge is 0.305 e. The summed E-state index contributed by atoms with van der Waals surface area (Å²) in [5.74, 6) is -0.388. The van der Waals surface area contributed by atoms with Crippen molar-refractivity contribution in [2.24, 2.45) is 0 Å². The fourth-order valence-corrected chi connectivity index (χ4v) is 3.10.